The summed E-state index contributed by atoms with van der Waals surface area (Å²) in [5, 5.41) is 7.91. The number of ether oxygens (including phenoxy) is 2. The Morgan fingerprint density at radius 2 is 2.14 bits per heavy atom. The lowest BCUT2D eigenvalue weighted by Crippen LogP contribution is -2.15. The third-order valence-corrected chi connectivity index (χ3v) is 4.12. The van der Waals surface area contributed by atoms with Crippen LogP contribution in [0.5, 0.6) is 5.75 Å². The van der Waals surface area contributed by atoms with Gasteiger partial charge in [-0.1, -0.05) is 11.6 Å². The summed E-state index contributed by atoms with van der Waals surface area (Å²) in [6.07, 6.45) is 1.91. The van der Waals surface area contributed by atoms with E-state index in [9.17, 15) is 0 Å². The van der Waals surface area contributed by atoms with Gasteiger partial charge in [-0.25, -0.2) is 0 Å². The molecule has 0 bridgehead atoms. The van der Waals surface area contributed by atoms with E-state index in [1.165, 1.54) is 0 Å². The van der Waals surface area contributed by atoms with Crippen LogP contribution < -0.4 is 10.5 Å². The molecule has 0 atom stereocenters. The Kier molecular flexibility index (Phi) is 4.03. The van der Waals surface area contributed by atoms with Crippen molar-refractivity contribution in [3.05, 3.63) is 28.9 Å². The number of anilines is 1. The number of nitrogens with zero attached hydrogens (tertiary/aromatic N) is 1. The van der Waals surface area contributed by atoms with Gasteiger partial charge >= 0.3 is 0 Å². The lowest BCUT2D eigenvalue weighted by Gasteiger charge is -2.22. The number of halogens is 1. The van der Waals surface area contributed by atoms with E-state index in [1.807, 2.05) is 12.1 Å². The zero-order valence-corrected chi connectivity index (χ0v) is 12.6. The average molecular weight is 308 g/mol. The van der Waals surface area contributed by atoms with Gasteiger partial charge in [0.15, 0.2) is 5.82 Å². The van der Waals surface area contributed by atoms with Gasteiger partial charge < -0.3 is 15.2 Å². The summed E-state index contributed by atoms with van der Waals surface area (Å²) in [6.45, 7) is 1.52. The topological polar surface area (TPSA) is 73.2 Å². The minimum Gasteiger partial charge on any atom is -0.496 e. The Labute approximate surface area is 128 Å². The quantitative estimate of drug-likeness (QED) is 0.913. The van der Waals surface area contributed by atoms with Gasteiger partial charge in [-0.05, 0) is 31.0 Å². The Hall–Kier alpha value is -1.72. The SMILES string of the molecule is COc1ccc(Cl)cc1-c1c(N)n[nH]c1C1CCOCC1. The average Bonchev–Trinajstić information content (AvgIpc) is 2.89. The largest absolute Gasteiger partial charge is 0.496 e. The normalized spacial score (nSPS) is 16.1. The van der Waals surface area contributed by atoms with Crippen LogP contribution in [0.2, 0.25) is 5.02 Å². The summed E-state index contributed by atoms with van der Waals surface area (Å²) in [5.41, 5.74) is 8.88. The van der Waals surface area contributed by atoms with E-state index in [0.717, 1.165) is 48.6 Å². The van der Waals surface area contributed by atoms with Crippen molar-refractivity contribution in [1.29, 1.82) is 0 Å². The zero-order chi connectivity index (χ0) is 14.8. The second-order valence-electron chi connectivity index (χ2n) is 5.13. The molecule has 21 heavy (non-hydrogen) atoms. The third-order valence-electron chi connectivity index (χ3n) is 3.88. The second-order valence-corrected chi connectivity index (χ2v) is 5.57. The fourth-order valence-electron chi connectivity index (χ4n) is 2.81. The molecule has 0 saturated carbocycles. The van der Waals surface area contributed by atoms with Crippen LogP contribution in [0.4, 0.5) is 5.82 Å². The molecule has 0 spiro atoms. The van der Waals surface area contributed by atoms with Crippen LogP contribution in [0.25, 0.3) is 11.1 Å². The molecule has 0 radical (unpaired) electrons. The standard InChI is InChI=1S/C15H18ClN3O2/c1-20-12-3-2-10(16)8-11(12)13-14(18-19-15(13)17)9-4-6-21-7-5-9/h2-3,8-9H,4-7H2,1H3,(H3,17,18,19). The molecule has 3 rings (SSSR count). The van der Waals surface area contributed by atoms with Crippen LogP contribution in [0.1, 0.15) is 24.5 Å². The van der Waals surface area contributed by atoms with Crippen molar-refractivity contribution in [2.75, 3.05) is 26.1 Å². The van der Waals surface area contributed by atoms with Crippen LogP contribution in [-0.2, 0) is 4.74 Å². The van der Waals surface area contributed by atoms with Crippen molar-refractivity contribution in [2.45, 2.75) is 18.8 Å². The van der Waals surface area contributed by atoms with E-state index in [0.29, 0.717) is 16.8 Å². The molecule has 2 aromatic rings. The summed E-state index contributed by atoms with van der Waals surface area (Å²) in [4.78, 5) is 0. The Morgan fingerprint density at radius 1 is 1.38 bits per heavy atom. The number of nitrogen functional groups attached to an aromatic ring is 1. The van der Waals surface area contributed by atoms with Crippen LogP contribution >= 0.6 is 11.6 Å². The van der Waals surface area contributed by atoms with Crippen molar-refractivity contribution in [3.63, 3.8) is 0 Å². The van der Waals surface area contributed by atoms with Crippen molar-refractivity contribution >= 4 is 17.4 Å². The van der Waals surface area contributed by atoms with E-state index in [2.05, 4.69) is 10.2 Å². The van der Waals surface area contributed by atoms with Gasteiger partial charge in [0, 0.05) is 35.4 Å². The first-order valence-electron chi connectivity index (χ1n) is 6.96. The Bertz CT molecular complexity index is 636. The molecular formula is C15H18ClN3O2. The lowest BCUT2D eigenvalue weighted by atomic mass is 9.91. The van der Waals surface area contributed by atoms with Gasteiger partial charge in [-0.15, -0.1) is 0 Å². The minimum absolute atomic E-state index is 0.363. The molecule has 1 aromatic carbocycles. The Balaban J connectivity index is 2.09. The number of nitrogens with one attached hydrogen (secondary N) is 1. The molecular weight excluding hydrogens is 290 g/mol. The maximum absolute atomic E-state index is 6.13. The first kappa shape index (κ1) is 14.2. The zero-order valence-electron chi connectivity index (χ0n) is 11.9. The van der Waals surface area contributed by atoms with Crippen molar-refractivity contribution < 1.29 is 9.47 Å². The number of rotatable bonds is 3. The number of benzene rings is 1. The van der Waals surface area contributed by atoms with Crippen LogP contribution in [0.15, 0.2) is 18.2 Å². The van der Waals surface area contributed by atoms with E-state index in [-0.39, 0.29) is 0 Å². The highest BCUT2D eigenvalue weighted by Crippen LogP contribution is 2.41. The summed E-state index contributed by atoms with van der Waals surface area (Å²) >= 11 is 6.13. The highest BCUT2D eigenvalue weighted by Gasteiger charge is 2.25. The van der Waals surface area contributed by atoms with Gasteiger partial charge in [0.05, 0.1) is 12.7 Å². The van der Waals surface area contributed by atoms with E-state index in [1.54, 1.807) is 13.2 Å². The van der Waals surface area contributed by atoms with Crippen LogP contribution in [0, 0.1) is 0 Å². The third kappa shape index (κ3) is 2.71. The summed E-state index contributed by atoms with van der Waals surface area (Å²) < 4.78 is 10.9. The number of nitrogens with two attached hydrogens (primary N) is 1. The van der Waals surface area contributed by atoms with Gasteiger partial charge in [0.25, 0.3) is 0 Å². The maximum Gasteiger partial charge on any atom is 0.153 e. The lowest BCUT2D eigenvalue weighted by molar-refractivity contribution is 0.0846. The molecule has 1 fully saturated rings. The van der Waals surface area contributed by atoms with Crippen molar-refractivity contribution in [1.82, 2.24) is 10.2 Å². The number of aromatic amines is 1. The highest BCUT2D eigenvalue weighted by atomic mass is 35.5. The molecule has 1 saturated heterocycles. The van der Waals surface area contributed by atoms with Crippen LogP contribution in [-0.4, -0.2) is 30.5 Å². The maximum atomic E-state index is 6.13. The van der Waals surface area contributed by atoms with Crippen LogP contribution in [0.3, 0.4) is 0 Å². The Morgan fingerprint density at radius 3 is 2.86 bits per heavy atom. The molecule has 2 heterocycles. The number of H-pyrrole nitrogens is 1. The second kappa shape index (κ2) is 5.95. The number of aromatic nitrogens is 2. The number of methoxy groups -OCH3 is 1. The van der Waals surface area contributed by atoms with E-state index >= 15 is 0 Å². The van der Waals surface area contributed by atoms with Gasteiger partial charge in [0.2, 0.25) is 0 Å². The molecule has 0 unspecified atom stereocenters. The minimum atomic E-state index is 0.363. The summed E-state index contributed by atoms with van der Waals surface area (Å²) in [7, 11) is 1.64. The number of hydrogen-bond donors (Lipinski definition) is 2. The fourth-order valence-corrected chi connectivity index (χ4v) is 2.98. The molecule has 3 N–H and O–H groups in total. The fraction of sp³-hybridized carbons (Fsp3) is 0.400. The predicted octanol–water partition coefficient (Wildman–Crippen LogP) is 3.21. The molecule has 0 aliphatic carbocycles. The molecule has 5 nitrogen and oxygen atoms in total. The summed E-state index contributed by atoms with van der Waals surface area (Å²) in [6, 6.07) is 5.51. The number of hydrogen-bond acceptors (Lipinski definition) is 4. The monoisotopic (exact) mass is 307 g/mol. The first-order chi connectivity index (χ1) is 10.2. The first-order valence-corrected chi connectivity index (χ1v) is 7.34. The van der Waals surface area contributed by atoms with Gasteiger partial charge in [0.1, 0.15) is 5.75 Å². The highest BCUT2D eigenvalue weighted by molar-refractivity contribution is 6.31. The van der Waals surface area contributed by atoms with Crippen molar-refractivity contribution in [3.8, 4) is 16.9 Å². The molecule has 0 amide bonds. The van der Waals surface area contributed by atoms with Gasteiger partial charge in [-0.3, -0.25) is 5.10 Å². The van der Waals surface area contributed by atoms with E-state index < -0.39 is 0 Å². The smallest absolute Gasteiger partial charge is 0.153 e. The molecule has 112 valence electrons. The van der Waals surface area contributed by atoms with E-state index in [4.69, 9.17) is 26.8 Å². The predicted molar refractivity (Wildman–Crippen MR) is 82.8 cm³/mol. The van der Waals surface area contributed by atoms with Crippen molar-refractivity contribution in [2.24, 2.45) is 0 Å². The molecule has 6 heteroatoms. The molecule has 1 aliphatic heterocycles. The summed E-state index contributed by atoms with van der Waals surface area (Å²) in [5.74, 6) is 1.57. The molecule has 1 aliphatic rings. The molecule has 1 aromatic heterocycles. The van der Waals surface area contributed by atoms with Gasteiger partial charge in [-0.2, -0.15) is 5.10 Å².